The maximum absolute atomic E-state index is 14.7. The zero-order valence-corrected chi connectivity index (χ0v) is 18.4. The van der Waals surface area contributed by atoms with E-state index in [2.05, 4.69) is 66.8 Å². The van der Waals surface area contributed by atoms with Crippen molar-refractivity contribution < 1.29 is 4.39 Å². The van der Waals surface area contributed by atoms with E-state index < -0.39 is 8.07 Å². The SMILES string of the molecule is CC1=CC(C)([Si](C)(C)C2C(c3ccccc3F)=CC(C)=C2C)C(C)=C1C. The van der Waals surface area contributed by atoms with Crippen LogP contribution in [0.4, 0.5) is 4.39 Å². The second-order valence-corrected chi connectivity index (χ2v) is 13.9. The van der Waals surface area contributed by atoms with Crippen LogP contribution in [0.5, 0.6) is 0 Å². The second kappa shape index (κ2) is 6.19. The molecule has 2 atom stereocenters. The number of hydrogen-bond acceptors (Lipinski definition) is 0. The van der Waals surface area contributed by atoms with Gasteiger partial charge < -0.3 is 0 Å². The molecule has 0 spiro atoms. The van der Waals surface area contributed by atoms with E-state index in [1.807, 2.05) is 12.1 Å². The Morgan fingerprint density at radius 2 is 1.62 bits per heavy atom. The molecule has 0 amide bonds. The third-order valence-corrected chi connectivity index (χ3v) is 12.8. The van der Waals surface area contributed by atoms with Gasteiger partial charge >= 0.3 is 0 Å². The minimum atomic E-state index is -1.91. The van der Waals surface area contributed by atoms with E-state index in [1.165, 1.54) is 33.4 Å². The maximum atomic E-state index is 14.7. The molecule has 2 heteroatoms. The van der Waals surface area contributed by atoms with Gasteiger partial charge in [0.15, 0.2) is 0 Å². The van der Waals surface area contributed by atoms with Crippen molar-refractivity contribution in [2.24, 2.45) is 0 Å². The molecule has 0 saturated heterocycles. The topological polar surface area (TPSA) is 0 Å². The van der Waals surface area contributed by atoms with Gasteiger partial charge in [-0.25, -0.2) is 4.39 Å². The lowest BCUT2D eigenvalue weighted by Gasteiger charge is -2.46. The van der Waals surface area contributed by atoms with E-state index in [0.29, 0.717) is 5.54 Å². The molecule has 26 heavy (non-hydrogen) atoms. The summed E-state index contributed by atoms with van der Waals surface area (Å²) in [4.78, 5) is 0. The van der Waals surface area contributed by atoms with Gasteiger partial charge in [-0.2, -0.15) is 0 Å². The highest BCUT2D eigenvalue weighted by molar-refractivity contribution is 6.85. The highest BCUT2D eigenvalue weighted by atomic mass is 28.3. The molecule has 0 bridgehead atoms. The van der Waals surface area contributed by atoms with Gasteiger partial charge in [-0.05, 0) is 51.8 Å². The fraction of sp³-hybridized carbons (Fsp3) is 0.417. The monoisotopic (exact) mass is 366 g/mol. The fourth-order valence-electron chi connectivity index (χ4n) is 5.05. The molecule has 0 heterocycles. The quantitative estimate of drug-likeness (QED) is 0.481. The van der Waals surface area contributed by atoms with Gasteiger partial charge in [0.2, 0.25) is 0 Å². The molecule has 0 nitrogen and oxygen atoms in total. The molecule has 1 aromatic rings. The standard InChI is InChI=1S/C24H31FSi/c1-15-13-21(20-11-9-10-12-22(20)25)23(18(15)4)26(7,8)24(6)14-16(2)17(3)19(24)5/h9-14,23H,1-8H3. The van der Waals surface area contributed by atoms with Crippen LogP contribution in [0.2, 0.25) is 23.7 Å². The van der Waals surface area contributed by atoms with Gasteiger partial charge in [0, 0.05) is 16.1 Å². The molecular formula is C24H31FSi. The summed E-state index contributed by atoms with van der Waals surface area (Å²) >= 11 is 0. The van der Waals surface area contributed by atoms with Crippen LogP contribution >= 0.6 is 0 Å². The summed E-state index contributed by atoms with van der Waals surface area (Å²) in [5.41, 5.74) is 9.33. The summed E-state index contributed by atoms with van der Waals surface area (Å²) in [5, 5.41) is 0.0854. The Morgan fingerprint density at radius 1 is 1.00 bits per heavy atom. The van der Waals surface area contributed by atoms with Crippen LogP contribution in [0, 0.1) is 5.82 Å². The maximum Gasteiger partial charge on any atom is 0.130 e. The number of rotatable bonds is 3. The summed E-state index contributed by atoms with van der Waals surface area (Å²) in [6, 6.07) is 7.25. The normalized spacial score (nSPS) is 26.6. The van der Waals surface area contributed by atoms with E-state index in [-0.39, 0.29) is 10.9 Å². The van der Waals surface area contributed by atoms with Crippen LogP contribution in [0.3, 0.4) is 0 Å². The summed E-state index contributed by atoms with van der Waals surface area (Å²) in [6.07, 6.45) is 4.72. The van der Waals surface area contributed by atoms with Crippen molar-refractivity contribution in [3.05, 3.63) is 75.7 Å². The number of halogens is 1. The van der Waals surface area contributed by atoms with Gasteiger partial charge in [0.1, 0.15) is 5.82 Å². The van der Waals surface area contributed by atoms with Crippen LogP contribution < -0.4 is 0 Å². The first-order chi connectivity index (χ1) is 12.0. The number of hydrogen-bond donors (Lipinski definition) is 0. The van der Waals surface area contributed by atoms with Crippen molar-refractivity contribution >= 4 is 13.6 Å². The van der Waals surface area contributed by atoms with Crippen molar-refractivity contribution in [2.75, 3.05) is 0 Å². The number of benzene rings is 1. The molecule has 0 aliphatic heterocycles. The molecule has 138 valence electrons. The first-order valence-electron chi connectivity index (χ1n) is 9.54. The highest BCUT2D eigenvalue weighted by Gasteiger charge is 2.52. The molecule has 0 fully saturated rings. The molecule has 0 saturated carbocycles. The van der Waals surface area contributed by atoms with Gasteiger partial charge in [0.05, 0.1) is 8.07 Å². The minimum absolute atomic E-state index is 0.0854. The van der Waals surface area contributed by atoms with E-state index in [0.717, 1.165) is 5.56 Å². The van der Waals surface area contributed by atoms with Crippen LogP contribution in [-0.2, 0) is 0 Å². The fourth-order valence-corrected chi connectivity index (χ4v) is 9.72. The first kappa shape index (κ1) is 19.1. The van der Waals surface area contributed by atoms with Crippen LogP contribution in [-0.4, -0.2) is 8.07 Å². The molecule has 2 aliphatic rings. The predicted molar refractivity (Wildman–Crippen MR) is 114 cm³/mol. The summed E-state index contributed by atoms with van der Waals surface area (Å²) < 4.78 is 14.7. The largest absolute Gasteiger partial charge is 0.206 e. The Morgan fingerprint density at radius 3 is 2.15 bits per heavy atom. The van der Waals surface area contributed by atoms with Gasteiger partial charge in [-0.15, -0.1) is 0 Å². The van der Waals surface area contributed by atoms with Crippen molar-refractivity contribution in [3.63, 3.8) is 0 Å². The van der Waals surface area contributed by atoms with E-state index in [1.54, 1.807) is 12.1 Å². The Balaban J connectivity index is 2.17. The third kappa shape index (κ3) is 2.53. The zero-order chi connectivity index (χ0) is 19.4. The number of allylic oxidation sites excluding steroid dienone is 8. The highest BCUT2D eigenvalue weighted by Crippen LogP contribution is 2.62. The van der Waals surface area contributed by atoms with Gasteiger partial charge in [-0.3, -0.25) is 0 Å². The molecule has 3 rings (SSSR count). The van der Waals surface area contributed by atoms with Crippen molar-refractivity contribution in [2.45, 2.75) is 65.2 Å². The van der Waals surface area contributed by atoms with Crippen LogP contribution in [0.25, 0.3) is 5.57 Å². The van der Waals surface area contributed by atoms with E-state index >= 15 is 0 Å². The van der Waals surface area contributed by atoms with E-state index in [9.17, 15) is 4.39 Å². The summed E-state index contributed by atoms with van der Waals surface area (Å²) in [6.45, 7) is 18.6. The average molecular weight is 367 g/mol. The smallest absolute Gasteiger partial charge is 0.130 e. The molecule has 0 radical (unpaired) electrons. The molecule has 0 N–H and O–H groups in total. The first-order valence-corrected chi connectivity index (χ1v) is 12.6. The van der Waals surface area contributed by atoms with E-state index in [4.69, 9.17) is 0 Å². The Hall–Kier alpha value is -1.67. The molecular weight excluding hydrogens is 335 g/mol. The zero-order valence-electron chi connectivity index (χ0n) is 17.4. The Kier molecular flexibility index (Phi) is 4.55. The molecule has 2 aliphatic carbocycles. The van der Waals surface area contributed by atoms with Gasteiger partial charge in [-0.1, -0.05) is 72.7 Å². The predicted octanol–water partition coefficient (Wildman–Crippen LogP) is 7.69. The lowest BCUT2D eigenvalue weighted by Crippen LogP contribution is -2.45. The molecule has 1 aromatic carbocycles. The van der Waals surface area contributed by atoms with Crippen molar-refractivity contribution in [3.8, 4) is 0 Å². The second-order valence-electron chi connectivity index (χ2n) is 8.88. The van der Waals surface area contributed by atoms with Crippen LogP contribution in [0.1, 0.15) is 47.1 Å². The van der Waals surface area contributed by atoms with Crippen molar-refractivity contribution in [1.29, 1.82) is 0 Å². The Labute approximate surface area is 159 Å². The lowest BCUT2D eigenvalue weighted by molar-refractivity contribution is 0.623. The van der Waals surface area contributed by atoms with Gasteiger partial charge in [0.25, 0.3) is 0 Å². The minimum Gasteiger partial charge on any atom is -0.206 e. The third-order valence-electron chi connectivity index (χ3n) is 7.42. The van der Waals surface area contributed by atoms with Crippen molar-refractivity contribution in [1.82, 2.24) is 0 Å². The average Bonchev–Trinajstić information content (AvgIpc) is 2.98. The Bertz CT molecular complexity index is 895. The summed E-state index contributed by atoms with van der Waals surface area (Å²) in [5.74, 6) is -0.109. The molecule has 2 unspecified atom stereocenters. The molecule has 0 aromatic heterocycles. The summed E-state index contributed by atoms with van der Waals surface area (Å²) in [7, 11) is -1.91. The lowest BCUT2D eigenvalue weighted by atomic mass is 10.0. The van der Waals surface area contributed by atoms with Crippen LogP contribution in [0.15, 0.2) is 64.3 Å².